The van der Waals surface area contributed by atoms with E-state index in [-0.39, 0.29) is 5.92 Å². The number of hydrogen-bond acceptors (Lipinski definition) is 1. The van der Waals surface area contributed by atoms with Crippen molar-refractivity contribution in [3.05, 3.63) is 0 Å². The topological polar surface area (TPSA) is 17.1 Å². The van der Waals surface area contributed by atoms with E-state index in [9.17, 15) is 4.79 Å². The minimum Gasteiger partial charge on any atom is -0.299 e. The lowest BCUT2D eigenvalue weighted by atomic mass is 10.0. The SMILES string of the molecule is CC(C)C(=O)C1C(C)C1C. The van der Waals surface area contributed by atoms with Gasteiger partial charge in [-0.3, -0.25) is 4.79 Å². The van der Waals surface area contributed by atoms with Crippen molar-refractivity contribution in [1.82, 2.24) is 0 Å². The Hall–Kier alpha value is -0.330. The van der Waals surface area contributed by atoms with Crippen LogP contribution in [0.15, 0.2) is 0 Å². The quantitative estimate of drug-likeness (QED) is 0.574. The Kier molecular flexibility index (Phi) is 1.84. The van der Waals surface area contributed by atoms with Crippen molar-refractivity contribution in [3.63, 3.8) is 0 Å². The van der Waals surface area contributed by atoms with Crippen LogP contribution < -0.4 is 0 Å². The summed E-state index contributed by atoms with van der Waals surface area (Å²) in [4.78, 5) is 11.3. The first-order chi connectivity index (χ1) is 4.55. The summed E-state index contributed by atoms with van der Waals surface area (Å²) in [5.74, 6) is 2.38. The first-order valence-corrected chi connectivity index (χ1v) is 4.09. The molecule has 1 heteroatoms. The molecule has 1 aliphatic rings. The van der Waals surface area contributed by atoms with Crippen molar-refractivity contribution >= 4 is 5.78 Å². The van der Waals surface area contributed by atoms with Gasteiger partial charge in [-0.15, -0.1) is 0 Å². The summed E-state index contributed by atoms with van der Waals surface area (Å²) in [7, 11) is 0. The van der Waals surface area contributed by atoms with E-state index >= 15 is 0 Å². The number of Topliss-reactive ketones (excluding diaryl/α,β-unsaturated/α-hetero) is 1. The lowest BCUT2D eigenvalue weighted by Crippen LogP contribution is -2.10. The predicted octanol–water partition coefficient (Wildman–Crippen LogP) is 2.11. The van der Waals surface area contributed by atoms with E-state index in [0.717, 1.165) is 0 Å². The van der Waals surface area contributed by atoms with Crippen LogP contribution in [0.5, 0.6) is 0 Å². The van der Waals surface area contributed by atoms with Gasteiger partial charge in [0.1, 0.15) is 5.78 Å². The third-order valence-corrected chi connectivity index (χ3v) is 2.72. The van der Waals surface area contributed by atoms with E-state index < -0.39 is 0 Å². The van der Waals surface area contributed by atoms with E-state index in [1.54, 1.807) is 0 Å². The molecule has 0 radical (unpaired) electrons. The van der Waals surface area contributed by atoms with Gasteiger partial charge in [0.15, 0.2) is 0 Å². The standard InChI is InChI=1S/C9H16O/c1-5(2)9(10)8-6(3)7(8)4/h5-8H,1-4H3. The molecule has 0 amide bonds. The summed E-state index contributed by atoms with van der Waals surface area (Å²) in [5.41, 5.74) is 0. The first-order valence-electron chi connectivity index (χ1n) is 4.09. The summed E-state index contributed by atoms with van der Waals surface area (Å²) in [6.07, 6.45) is 0. The Balaban J connectivity index is 2.46. The number of ketones is 1. The van der Waals surface area contributed by atoms with Crippen molar-refractivity contribution in [2.45, 2.75) is 27.7 Å². The van der Waals surface area contributed by atoms with Gasteiger partial charge in [0.05, 0.1) is 0 Å². The van der Waals surface area contributed by atoms with Crippen LogP contribution in [0, 0.1) is 23.7 Å². The Morgan fingerprint density at radius 2 is 1.60 bits per heavy atom. The third kappa shape index (κ3) is 1.09. The fourth-order valence-electron chi connectivity index (χ4n) is 1.57. The van der Waals surface area contributed by atoms with E-state index in [4.69, 9.17) is 0 Å². The number of hydrogen-bond donors (Lipinski definition) is 0. The van der Waals surface area contributed by atoms with Crippen LogP contribution >= 0.6 is 0 Å². The second kappa shape index (κ2) is 2.37. The molecule has 2 unspecified atom stereocenters. The zero-order valence-corrected chi connectivity index (χ0v) is 7.22. The molecule has 0 saturated heterocycles. The molecule has 0 heterocycles. The highest BCUT2D eigenvalue weighted by molar-refractivity contribution is 5.85. The van der Waals surface area contributed by atoms with Gasteiger partial charge >= 0.3 is 0 Å². The molecule has 1 rings (SSSR count). The molecule has 2 atom stereocenters. The lowest BCUT2D eigenvalue weighted by molar-refractivity contribution is -0.123. The molecule has 0 aromatic heterocycles. The molecule has 0 N–H and O–H groups in total. The summed E-state index contributed by atoms with van der Waals surface area (Å²) < 4.78 is 0. The second-order valence-corrected chi connectivity index (χ2v) is 3.80. The molecule has 58 valence electrons. The van der Waals surface area contributed by atoms with Crippen molar-refractivity contribution in [2.75, 3.05) is 0 Å². The van der Waals surface area contributed by atoms with Crippen LogP contribution in [-0.4, -0.2) is 5.78 Å². The van der Waals surface area contributed by atoms with Crippen LogP contribution in [0.1, 0.15) is 27.7 Å². The van der Waals surface area contributed by atoms with Crippen molar-refractivity contribution in [2.24, 2.45) is 23.7 Å². The molecule has 0 bridgehead atoms. The summed E-state index contributed by atoms with van der Waals surface area (Å²) in [5, 5.41) is 0. The molecule has 1 fully saturated rings. The Labute approximate surface area is 62.8 Å². The highest BCUT2D eigenvalue weighted by Crippen LogP contribution is 2.47. The molecule has 1 nitrogen and oxygen atoms in total. The van der Waals surface area contributed by atoms with Crippen LogP contribution in [0.2, 0.25) is 0 Å². The van der Waals surface area contributed by atoms with Gasteiger partial charge in [-0.1, -0.05) is 27.7 Å². The zero-order chi connectivity index (χ0) is 7.89. The molecule has 0 aliphatic heterocycles. The van der Waals surface area contributed by atoms with E-state index in [1.807, 2.05) is 13.8 Å². The van der Waals surface area contributed by atoms with Gasteiger partial charge in [0.2, 0.25) is 0 Å². The summed E-state index contributed by atoms with van der Waals surface area (Å²) in [6, 6.07) is 0. The predicted molar refractivity (Wildman–Crippen MR) is 41.7 cm³/mol. The smallest absolute Gasteiger partial charge is 0.139 e. The summed E-state index contributed by atoms with van der Waals surface area (Å²) >= 11 is 0. The molecule has 1 saturated carbocycles. The Bertz CT molecular complexity index is 141. The highest BCUT2D eigenvalue weighted by atomic mass is 16.1. The van der Waals surface area contributed by atoms with Gasteiger partial charge in [-0.2, -0.15) is 0 Å². The lowest BCUT2D eigenvalue weighted by Gasteiger charge is -2.00. The van der Waals surface area contributed by atoms with Gasteiger partial charge in [0.25, 0.3) is 0 Å². The van der Waals surface area contributed by atoms with Gasteiger partial charge in [-0.25, -0.2) is 0 Å². The van der Waals surface area contributed by atoms with Gasteiger partial charge < -0.3 is 0 Å². The molecular weight excluding hydrogens is 124 g/mol. The fraction of sp³-hybridized carbons (Fsp3) is 0.889. The van der Waals surface area contributed by atoms with Gasteiger partial charge in [0, 0.05) is 11.8 Å². The molecule has 1 aliphatic carbocycles. The minimum atomic E-state index is 0.234. The second-order valence-electron chi connectivity index (χ2n) is 3.80. The van der Waals surface area contributed by atoms with E-state index in [2.05, 4.69) is 13.8 Å². The number of rotatable bonds is 2. The van der Waals surface area contributed by atoms with Crippen LogP contribution in [0.4, 0.5) is 0 Å². The molecule has 0 aromatic carbocycles. The zero-order valence-electron chi connectivity index (χ0n) is 7.22. The van der Waals surface area contributed by atoms with Crippen LogP contribution in [0.3, 0.4) is 0 Å². The van der Waals surface area contributed by atoms with E-state index in [0.29, 0.717) is 23.5 Å². The first kappa shape index (κ1) is 7.77. The maximum absolute atomic E-state index is 11.3. The fourth-order valence-corrected chi connectivity index (χ4v) is 1.57. The molecule has 0 spiro atoms. The normalized spacial score (nSPS) is 38.3. The van der Waals surface area contributed by atoms with Crippen LogP contribution in [-0.2, 0) is 4.79 Å². The maximum atomic E-state index is 11.3. The van der Waals surface area contributed by atoms with E-state index in [1.165, 1.54) is 0 Å². The van der Waals surface area contributed by atoms with Crippen molar-refractivity contribution in [3.8, 4) is 0 Å². The largest absolute Gasteiger partial charge is 0.299 e. The Morgan fingerprint density at radius 1 is 1.20 bits per heavy atom. The Morgan fingerprint density at radius 3 is 1.70 bits per heavy atom. The summed E-state index contributed by atoms with van der Waals surface area (Å²) in [6.45, 7) is 8.30. The number of carbonyl (C=O) groups is 1. The molecule has 10 heavy (non-hydrogen) atoms. The third-order valence-electron chi connectivity index (χ3n) is 2.72. The maximum Gasteiger partial charge on any atom is 0.139 e. The van der Waals surface area contributed by atoms with Crippen molar-refractivity contribution < 1.29 is 4.79 Å². The number of carbonyl (C=O) groups excluding carboxylic acids is 1. The van der Waals surface area contributed by atoms with Gasteiger partial charge in [-0.05, 0) is 11.8 Å². The highest BCUT2D eigenvalue weighted by Gasteiger charge is 2.48. The average Bonchev–Trinajstić information content (AvgIpc) is 2.40. The molecule has 0 aromatic rings. The monoisotopic (exact) mass is 140 g/mol. The molecular formula is C9H16O. The minimum absolute atomic E-state index is 0.234. The van der Waals surface area contributed by atoms with Crippen LogP contribution in [0.25, 0.3) is 0 Å². The average molecular weight is 140 g/mol. The van der Waals surface area contributed by atoms with Crippen molar-refractivity contribution in [1.29, 1.82) is 0 Å².